The maximum atomic E-state index is 14.8. The SMILES string of the molecule is Cc1ccc(COc2ccc(-c3cc(F)c(-c4ccc(O)cc4)cc3F)cc2O)cc1. The van der Waals surface area contributed by atoms with Crippen molar-refractivity contribution in [3.8, 4) is 39.5 Å². The van der Waals surface area contributed by atoms with Crippen molar-refractivity contribution in [1.29, 1.82) is 0 Å². The van der Waals surface area contributed by atoms with E-state index in [9.17, 15) is 19.0 Å². The van der Waals surface area contributed by atoms with E-state index in [0.717, 1.165) is 23.3 Å². The van der Waals surface area contributed by atoms with Gasteiger partial charge in [-0.05, 0) is 60.0 Å². The molecule has 3 nitrogen and oxygen atoms in total. The van der Waals surface area contributed by atoms with Gasteiger partial charge in [0, 0.05) is 11.1 Å². The van der Waals surface area contributed by atoms with Gasteiger partial charge in [0.1, 0.15) is 24.0 Å². The summed E-state index contributed by atoms with van der Waals surface area (Å²) in [5, 5.41) is 19.7. The van der Waals surface area contributed by atoms with Crippen LogP contribution < -0.4 is 4.74 Å². The largest absolute Gasteiger partial charge is 0.508 e. The first-order valence-electron chi connectivity index (χ1n) is 9.71. The van der Waals surface area contributed by atoms with Gasteiger partial charge in [0.05, 0.1) is 0 Å². The number of aryl methyl sites for hydroxylation is 1. The summed E-state index contributed by atoms with van der Waals surface area (Å²) >= 11 is 0. The lowest BCUT2D eigenvalue weighted by molar-refractivity contribution is 0.289. The highest BCUT2D eigenvalue weighted by atomic mass is 19.1. The molecule has 0 aliphatic heterocycles. The number of aromatic hydroxyl groups is 2. The molecule has 4 aromatic carbocycles. The molecule has 5 heteroatoms. The molecular formula is C26H20F2O3. The molecule has 4 aromatic rings. The highest BCUT2D eigenvalue weighted by Crippen LogP contribution is 2.36. The van der Waals surface area contributed by atoms with Gasteiger partial charge in [0.15, 0.2) is 11.5 Å². The molecule has 0 bridgehead atoms. The number of phenols is 2. The Labute approximate surface area is 178 Å². The minimum Gasteiger partial charge on any atom is -0.508 e. The van der Waals surface area contributed by atoms with E-state index in [2.05, 4.69) is 0 Å². The Kier molecular flexibility index (Phi) is 5.58. The van der Waals surface area contributed by atoms with Crippen LogP contribution in [0.1, 0.15) is 11.1 Å². The van der Waals surface area contributed by atoms with Crippen LogP contribution in [0.4, 0.5) is 8.78 Å². The highest BCUT2D eigenvalue weighted by Gasteiger charge is 2.15. The van der Waals surface area contributed by atoms with Gasteiger partial charge in [-0.3, -0.25) is 0 Å². The summed E-state index contributed by atoms with van der Waals surface area (Å²) in [6, 6.07) is 20.3. The zero-order chi connectivity index (χ0) is 22.0. The Morgan fingerprint density at radius 1 is 0.710 bits per heavy atom. The van der Waals surface area contributed by atoms with E-state index in [-0.39, 0.29) is 35.0 Å². The van der Waals surface area contributed by atoms with E-state index in [0.29, 0.717) is 11.1 Å². The highest BCUT2D eigenvalue weighted by molar-refractivity contribution is 5.73. The van der Waals surface area contributed by atoms with Gasteiger partial charge in [0.25, 0.3) is 0 Å². The van der Waals surface area contributed by atoms with Gasteiger partial charge in [-0.15, -0.1) is 0 Å². The smallest absolute Gasteiger partial charge is 0.161 e. The van der Waals surface area contributed by atoms with Gasteiger partial charge in [-0.2, -0.15) is 0 Å². The molecule has 0 saturated carbocycles. The van der Waals surface area contributed by atoms with Crippen molar-refractivity contribution in [1.82, 2.24) is 0 Å². The molecule has 0 spiro atoms. The second-order valence-electron chi connectivity index (χ2n) is 7.32. The van der Waals surface area contributed by atoms with E-state index in [4.69, 9.17) is 4.74 Å². The summed E-state index contributed by atoms with van der Waals surface area (Å²) in [5.74, 6) is -1.10. The number of rotatable bonds is 5. The monoisotopic (exact) mass is 418 g/mol. The molecule has 156 valence electrons. The first-order chi connectivity index (χ1) is 14.9. The van der Waals surface area contributed by atoms with E-state index >= 15 is 0 Å². The summed E-state index contributed by atoms with van der Waals surface area (Å²) in [5.41, 5.74) is 2.98. The summed E-state index contributed by atoms with van der Waals surface area (Å²) in [6.45, 7) is 2.27. The molecule has 0 saturated heterocycles. The Morgan fingerprint density at radius 2 is 1.29 bits per heavy atom. The molecule has 0 unspecified atom stereocenters. The molecule has 31 heavy (non-hydrogen) atoms. The van der Waals surface area contributed by atoms with Crippen LogP contribution in [0.25, 0.3) is 22.3 Å². The van der Waals surface area contributed by atoms with Crippen molar-refractivity contribution < 1.29 is 23.7 Å². The minimum atomic E-state index is -0.628. The minimum absolute atomic E-state index is 0.0282. The van der Waals surface area contributed by atoms with E-state index in [1.165, 1.54) is 36.4 Å². The molecule has 0 heterocycles. The number of halogens is 2. The third-order valence-corrected chi connectivity index (χ3v) is 5.02. The second kappa shape index (κ2) is 8.48. The van der Waals surface area contributed by atoms with Crippen LogP contribution in [0, 0.1) is 18.6 Å². The topological polar surface area (TPSA) is 49.7 Å². The van der Waals surface area contributed by atoms with Crippen LogP contribution >= 0.6 is 0 Å². The zero-order valence-electron chi connectivity index (χ0n) is 16.8. The molecule has 0 amide bonds. The number of hydrogen-bond acceptors (Lipinski definition) is 3. The third-order valence-electron chi connectivity index (χ3n) is 5.02. The molecular weight excluding hydrogens is 398 g/mol. The average Bonchev–Trinajstić information content (AvgIpc) is 2.76. The van der Waals surface area contributed by atoms with Crippen LogP contribution in [-0.2, 0) is 6.61 Å². The number of hydrogen-bond donors (Lipinski definition) is 2. The lowest BCUT2D eigenvalue weighted by Crippen LogP contribution is -1.96. The fourth-order valence-electron chi connectivity index (χ4n) is 3.28. The molecule has 0 fully saturated rings. The van der Waals surface area contributed by atoms with Gasteiger partial charge in [-0.1, -0.05) is 48.0 Å². The van der Waals surface area contributed by atoms with Gasteiger partial charge in [0.2, 0.25) is 0 Å². The van der Waals surface area contributed by atoms with Crippen molar-refractivity contribution in [3.05, 3.63) is 102 Å². The van der Waals surface area contributed by atoms with E-state index < -0.39 is 11.6 Å². The second-order valence-corrected chi connectivity index (χ2v) is 7.32. The predicted molar refractivity (Wildman–Crippen MR) is 116 cm³/mol. The normalized spacial score (nSPS) is 10.8. The molecule has 0 aromatic heterocycles. The summed E-state index contributed by atoms with van der Waals surface area (Å²) in [4.78, 5) is 0. The molecule has 0 atom stereocenters. The number of phenolic OH excluding ortho intramolecular Hbond substituents is 2. The standard InChI is InChI=1S/C26H20F2O3/c1-16-2-4-17(5-3-16)15-31-26-11-8-19(12-25(26)30)22-14-23(27)21(13-24(22)28)18-6-9-20(29)10-7-18/h2-14,29-30H,15H2,1H3. The average molecular weight is 418 g/mol. The summed E-state index contributed by atoms with van der Waals surface area (Å²) in [7, 11) is 0. The summed E-state index contributed by atoms with van der Waals surface area (Å²) in [6.07, 6.45) is 0. The van der Waals surface area contributed by atoms with Crippen molar-refractivity contribution in [3.63, 3.8) is 0 Å². The molecule has 2 N–H and O–H groups in total. The Balaban J connectivity index is 1.58. The first kappa shape index (κ1) is 20.4. The summed E-state index contributed by atoms with van der Waals surface area (Å²) < 4.78 is 35.1. The number of benzene rings is 4. The molecule has 0 aliphatic rings. The quantitative estimate of drug-likeness (QED) is 0.384. The van der Waals surface area contributed by atoms with Crippen LogP contribution in [0.2, 0.25) is 0 Å². The Bertz CT molecular complexity index is 1220. The maximum Gasteiger partial charge on any atom is 0.161 e. The van der Waals surface area contributed by atoms with Crippen LogP contribution in [-0.4, -0.2) is 10.2 Å². The van der Waals surface area contributed by atoms with E-state index in [1.54, 1.807) is 6.07 Å². The zero-order valence-corrected chi connectivity index (χ0v) is 16.8. The lowest BCUT2D eigenvalue weighted by atomic mass is 9.98. The van der Waals surface area contributed by atoms with Crippen molar-refractivity contribution in [2.75, 3.05) is 0 Å². The fourth-order valence-corrected chi connectivity index (χ4v) is 3.28. The van der Waals surface area contributed by atoms with Crippen LogP contribution in [0.3, 0.4) is 0 Å². The lowest BCUT2D eigenvalue weighted by Gasteiger charge is -2.12. The Morgan fingerprint density at radius 3 is 1.90 bits per heavy atom. The first-order valence-corrected chi connectivity index (χ1v) is 9.71. The number of ether oxygens (including phenoxy) is 1. The molecule has 0 radical (unpaired) electrons. The van der Waals surface area contributed by atoms with Crippen molar-refractivity contribution >= 4 is 0 Å². The maximum absolute atomic E-state index is 14.8. The predicted octanol–water partition coefficient (Wildman–Crippen LogP) is 6.60. The molecule has 4 rings (SSSR count). The van der Waals surface area contributed by atoms with Crippen LogP contribution in [0.15, 0.2) is 78.9 Å². The Hall–Kier alpha value is -3.86. The fraction of sp³-hybridized carbons (Fsp3) is 0.0769. The van der Waals surface area contributed by atoms with E-state index in [1.807, 2.05) is 31.2 Å². The van der Waals surface area contributed by atoms with Gasteiger partial charge >= 0.3 is 0 Å². The van der Waals surface area contributed by atoms with Crippen molar-refractivity contribution in [2.45, 2.75) is 13.5 Å². The van der Waals surface area contributed by atoms with Gasteiger partial charge in [-0.25, -0.2) is 8.78 Å². The van der Waals surface area contributed by atoms with Gasteiger partial charge < -0.3 is 14.9 Å². The van der Waals surface area contributed by atoms with Crippen LogP contribution in [0.5, 0.6) is 17.2 Å². The van der Waals surface area contributed by atoms with Crippen molar-refractivity contribution in [2.24, 2.45) is 0 Å². The third kappa shape index (κ3) is 4.51. The molecule has 0 aliphatic carbocycles.